The quantitative estimate of drug-likeness (QED) is 0.585. The molecule has 0 saturated heterocycles. The number of hydrogen-bond acceptors (Lipinski definition) is 4. The van der Waals surface area contributed by atoms with Gasteiger partial charge in [0.05, 0.1) is 23.4 Å². The van der Waals surface area contributed by atoms with Crippen molar-refractivity contribution in [1.82, 2.24) is 14.5 Å². The SMILES string of the molecule is CC(C)Nc1nc2c(c(=O)n1Cc1ccc(C(F)(F)F)cc1)CN(Cc1ccccc1)CC2. The molecule has 0 atom stereocenters. The van der Waals surface area contributed by atoms with Gasteiger partial charge in [0.15, 0.2) is 0 Å². The predicted octanol–water partition coefficient (Wildman–Crippen LogP) is 4.69. The zero-order valence-corrected chi connectivity index (χ0v) is 18.7. The second-order valence-electron chi connectivity index (χ2n) is 8.69. The topological polar surface area (TPSA) is 50.2 Å². The minimum atomic E-state index is -4.39. The molecule has 3 aromatic rings. The number of alkyl halides is 3. The van der Waals surface area contributed by atoms with Gasteiger partial charge in [0, 0.05) is 32.1 Å². The van der Waals surface area contributed by atoms with Crippen LogP contribution in [-0.2, 0) is 32.2 Å². The van der Waals surface area contributed by atoms with Crippen molar-refractivity contribution in [2.45, 2.75) is 52.1 Å². The second-order valence-corrected chi connectivity index (χ2v) is 8.69. The number of rotatable bonds is 6. The van der Waals surface area contributed by atoms with E-state index in [0.29, 0.717) is 30.0 Å². The van der Waals surface area contributed by atoms with Crippen LogP contribution in [0.15, 0.2) is 59.4 Å². The molecule has 2 heterocycles. The molecule has 4 rings (SSSR count). The molecular weight excluding hydrogens is 429 g/mol. The largest absolute Gasteiger partial charge is 0.416 e. The van der Waals surface area contributed by atoms with Crippen molar-refractivity contribution in [2.24, 2.45) is 0 Å². The van der Waals surface area contributed by atoms with Gasteiger partial charge in [-0.1, -0.05) is 42.5 Å². The first-order valence-corrected chi connectivity index (χ1v) is 11.0. The zero-order valence-electron chi connectivity index (χ0n) is 18.7. The van der Waals surface area contributed by atoms with Gasteiger partial charge in [-0.3, -0.25) is 14.3 Å². The summed E-state index contributed by atoms with van der Waals surface area (Å²) in [4.78, 5) is 20.5. The molecule has 0 bridgehead atoms. The monoisotopic (exact) mass is 456 g/mol. The fourth-order valence-electron chi connectivity index (χ4n) is 4.04. The molecule has 1 N–H and O–H groups in total. The molecule has 0 fully saturated rings. The van der Waals surface area contributed by atoms with Crippen LogP contribution in [-0.4, -0.2) is 27.0 Å². The second kappa shape index (κ2) is 9.39. The maximum absolute atomic E-state index is 13.5. The van der Waals surface area contributed by atoms with E-state index in [2.05, 4.69) is 22.3 Å². The fourth-order valence-corrected chi connectivity index (χ4v) is 4.04. The van der Waals surface area contributed by atoms with Gasteiger partial charge in [-0.05, 0) is 37.1 Å². The van der Waals surface area contributed by atoms with E-state index >= 15 is 0 Å². The minimum absolute atomic E-state index is 0.0481. The van der Waals surface area contributed by atoms with Crippen LogP contribution < -0.4 is 10.9 Å². The first-order chi connectivity index (χ1) is 15.7. The lowest BCUT2D eigenvalue weighted by atomic mass is 10.1. The summed E-state index contributed by atoms with van der Waals surface area (Å²) < 4.78 is 40.3. The van der Waals surface area contributed by atoms with Gasteiger partial charge in [-0.15, -0.1) is 0 Å². The Kier molecular flexibility index (Phi) is 6.56. The number of halogens is 3. The average molecular weight is 457 g/mol. The van der Waals surface area contributed by atoms with Gasteiger partial charge in [-0.2, -0.15) is 13.2 Å². The van der Waals surface area contributed by atoms with Crippen molar-refractivity contribution < 1.29 is 13.2 Å². The minimum Gasteiger partial charge on any atom is -0.353 e. The Balaban J connectivity index is 1.64. The molecule has 8 heteroatoms. The Hall–Kier alpha value is -3.13. The number of fused-ring (bicyclic) bond motifs is 1. The Labute approximate surface area is 190 Å². The molecule has 2 aromatic carbocycles. The van der Waals surface area contributed by atoms with Crippen LogP contribution in [0.4, 0.5) is 19.1 Å². The highest BCUT2D eigenvalue weighted by Gasteiger charge is 2.30. The van der Waals surface area contributed by atoms with E-state index in [1.165, 1.54) is 22.3 Å². The van der Waals surface area contributed by atoms with Gasteiger partial charge in [0.25, 0.3) is 5.56 Å². The van der Waals surface area contributed by atoms with Crippen molar-refractivity contribution in [1.29, 1.82) is 0 Å². The zero-order chi connectivity index (χ0) is 23.6. The van der Waals surface area contributed by atoms with Crippen molar-refractivity contribution in [3.8, 4) is 0 Å². The van der Waals surface area contributed by atoms with Crippen molar-refractivity contribution in [3.63, 3.8) is 0 Å². The van der Waals surface area contributed by atoms with Gasteiger partial charge in [-0.25, -0.2) is 4.98 Å². The Bertz CT molecular complexity index is 1160. The fraction of sp³-hybridized carbons (Fsp3) is 0.360. The summed E-state index contributed by atoms with van der Waals surface area (Å²) in [5.41, 5.74) is 2.36. The predicted molar refractivity (Wildman–Crippen MR) is 122 cm³/mol. The molecule has 174 valence electrons. The van der Waals surface area contributed by atoms with Crippen LogP contribution in [0, 0.1) is 0 Å². The standard InChI is InChI=1S/C25H27F3N4O/c1-17(2)29-24-30-22-12-13-31(14-18-6-4-3-5-7-18)16-21(22)23(33)32(24)15-19-8-10-20(11-9-19)25(26,27)28/h3-11,17H,12-16H2,1-2H3,(H,29,30). The summed E-state index contributed by atoms with van der Waals surface area (Å²) in [6.07, 6.45) is -3.72. The Morgan fingerprint density at radius 2 is 1.67 bits per heavy atom. The first kappa shape index (κ1) is 23.0. The lowest BCUT2D eigenvalue weighted by Gasteiger charge is -2.29. The van der Waals surface area contributed by atoms with Crippen LogP contribution in [0.5, 0.6) is 0 Å². The summed E-state index contributed by atoms with van der Waals surface area (Å²) in [5, 5.41) is 3.23. The van der Waals surface area contributed by atoms with Crippen molar-refractivity contribution in [2.75, 3.05) is 11.9 Å². The Morgan fingerprint density at radius 3 is 2.30 bits per heavy atom. The molecule has 1 aromatic heterocycles. The lowest BCUT2D eigenvalue weighted by molar-refractivity contribution is -0.137. The third kappa shape index (κ3) is 5.45. The van der Waals surface area contributed by atoms with Crippen molar-refractivity contribution in [3.05, 3.63) is 92.9 Å². The van der Waals surface area contributed by atoms with Crippen LogP contribution >= 0.6 is 0 Å². The van der Waals surface area contributed by atoms with Gasteiger partial charge in [0.1, 0.15) is 0 Å². The van der Waals surface area contributed by atoms with Crippen LogP contribution in [0.2, 0.25) is 0 Å². The summed E-state index contributed by atoms with van der Waals surface area (Å²) in [7, 11) is 0. The van der Waals surface area contributed by atoms with E-state index in [-0.39, 0.29) is 18.1 Å². The maximum atomic E-state index is 13.5. The molecule has 5 nitrogen and oxygen atoms in total. The molecule has 0 radical (unpaired) electrons. The summed E-state index contributed by atoms with van der Waals surface area (Å²) in [5.74, 6) is 0.449. The van der Waals surface area contributed by atoms with E-state index in [4.69, 9.17) is 4.98 Å². The van der Waals surface area contributed by atoms with E-state index < -0.39 is 11.7 Å². The van der Waals surface area contributed by atoms with Crippen molar-refractivity contribution >= 4 is 5.95 Å². The lowest BCUT2D eigenvalue weighted by Crippen LogP contribution is -2.39. The van der Waals surface area contributed by atoms with Gasteiger partial charge >= 0.3 is 6.18 Å². The van der Waals surface area contributed by atoms with E-state index in [1.807, 2.05) is 32.0 Å². The molecule has 0 unspecified atom stereocenters. The molecule has 0 spiro atoms. The first-order valence-electron chi connectivity index (χ1n) is 11.0. The number of aromatic nitrogens is 2. The van der Waals surface area contributed by atoms with Crippen LogP contribution in [0.3, 0.4) is 0 Å². The van der Waals surface area contributed by atoms with Gasteiger partial charge in [0.2, 0.25) is 5.95 Å². The molecule has 1 aliphatic rings. The number of hydrogen-bond donors (Lipinski definition) is 1. The van der Waals surface area contributed by atoms with Crippen LogP contribution in [0.25, 0.3) is 0 Å². The average Bonchev–Trinajstić information content (AvgIpc) is 2.77. The number of nitrogens with one attached hydrogen (secondary N) is 1. The molecule has 1 aliphatic heterocycles. The molecule has 33 heavy (non-hydrogen) atoms. The number of anilines is 1. The highest BCUT2D eigenvalue weighted by molar-refractivity contribution is 5.36. The van der Waals surface area contributed by atoms with E-state index in [9.17, 15) is 18.0 Å². The normalized spacial score (nSPS) is 14.4. The third-order valence-electron chi connectivity index (χ3n) is 5.68. The van der Waals surface area contributed by atoms with E-state index in [0.717, 1.165) is 30.9 Å². The number of nitrogens with zero attached hydrogens (tertiary/aromatic N) is 3. The Morgan fingerprint density at radius 1 is 1.00 bits per heavy atom. The molecule has 0 amide bonds. The van der Waals surface area contributed by atoms with E-state index in [1.54, 1.807) is 0 Å². The van der Waals surface area contributed by atoms with Crippen LogP contribution in [0.1, 0.15) is 41.8 Å². The molecular formula is C25H27F3N4O. The highest BCUT2D eigenvalue weighted by Crippen LogP contribution is 2.29. The number of benzene rings is 2. The molecule has 0 saturated carbocycles. The maximum Gasteiger partial charge on any atom is 0.416 e. The summed E-state index contributed by atoms with van der Waals surface area (Å²) in [6, 6.07) is 15.1. The summed E-state index contributed by atoms with van der Waals surface area (Å²) in [6.45, 7) is 6.09. The smallest absolute Gasteiger partial charge is 0.353 e. The molecule has 0 aliphatic carbocycles. The van der Waals surface area contributed by atoms with Gasteiger partial charge < -0.3 is 5.32 Å². The highest BCUT2D eigenvalue weighted by atomic mass is 19.4. The third-order valence-corrected chi connectivity index (χ3v) is 5.68. The summed E-state index contributed by atoms with van der Waals surface area (Å²) >= 11 is 0.